The van der Waals surface area contributed by atoms with Crippen molar-refractivity contribution in [3.8, 4) is 0 Å². The summed E-state index contributed by atoms with van der Waals surface area (Å²) in [5.41, 5.74) is 2.60. The molecule has 0 radical (unpaired) electrons. The highest BCUT2D eigenvalue weighted by molar-refractivity contribution is 6.31. The van der Waals surface area contributed by atoms with Crippen LogP contribution in [0.3, 0.4) is 0 Å². The third kappa shape index (κ3) is 3.92. The Morgan fingerprint density at radius 3 is 2.65 bits per heavy atom. The first-order chi connectivity index (χ1) is 11.1. The highest BCUT2D eigenvalue weighted by Gasteiger charge is 2.04. The molecule has 1 heterocycles. The lowest BCUT2D eigenvalue weighted by molar-refractivity contribution is 0.628. The first kappa shape index (κ1) is 15.2. The van der Waals surface area contributed by atoms with E-state index in [0.29, 0.717) is 17.5 Å². The van der Waals surface area contributed by atoms with Gasteiger partial charge in [-0.15, -0.1) is 5.10 Å². The number of aromatic nitrogens is 3. The van der Waals surface area contributed by atoms with Gasteiger partial charge in [0.1, 0.15) is 5.82 Å². The largest absolute Gasteiger partial charge is 0.339 e. The van der Waals surface area contributed by atoms with Crippen molar-refractivity contribution >= 4 is 34.7 Å². The van der Waals surface area contributed by atoms with Crippen molar-refractivity contribution in [1.82, 2.24) is 15.2 Å². The van der Waals surface area contributed by atoms with Crippen molar-refractivity contribution < 1.29 is 4.39 Å². The van der Waals surface area contributed by atoms with Crippen molar-refractivity contribution in [2.24, 2.45) is 0 Å². The first-order valence-corrected chi connectivity index (χ1v) is 7.23. The molecule has 0 aliphatic rings. The molecule has 0 bridgehead atoms. The maximum Gasteiger partial charge on any atom is 0.249 e. The van der Waals surface area contributed by atoms with Gasteiger partial charge in [0.05, 0.1) is 11.2 Å². The van der Waals surface area contributed by atoms with Crippen molar-refractivity contribution in [1.29, 1.82) is 0 Å². The minimum Gasteiger partial charge on any atom is -0.339 e. The number of aryl methyl sites for hydroxylation is 1. The molecular formula is C16H13ClFN5. The SMILES string of the molecule is Cc1cccc(Nc2nncc(Nc3ccc(F)c(Cl)c3)n2)c1. The van der Waals surface area contributed by atoms with Crippen LogP contribution in [0.2, 0.25) is 5.02 Å². The quantitative estimate of drug-likeness (QED) is 0.740. The number of nitrogens with zero attached hydrogens (tertiary/aromatic N) is 3. The topological polar surface area (TPSA) is 62.7 Å². The summed E-state index contributed by atoms with van der Waals surface area (Å²) in [6.07, 6.45) is 1.47. The van der Waals surface area contributed by atoms with Crippen LogP contribution in [0.4, 0.5) is 27.5 Å². The van der Waals surface area contributed by atoms with E-state index in [2.05, 4.69) is 25.8 Å². The Hall–Kier alpha value is -2.73. The molecule has 0 atom stereocenters. The molecule has 7 heteroatoms. The van der Waals surface area contributed by atoms with E-state index in [-0.39, 0.29) is 5.02 Å². The van der Waals surface area contributed by atoms with Crippen LogP contribution in [0.5, 0.6) is 0 Å². The van der Waals surface area contributed by atoms with Crippen molar-refractivity contribution in [2.45, 2.75) is 6.92 Å². The van der Waals surface area contributed by atoms with E-state index >= 15 is 0 Å². The number of benzene rings is 2. The van der Waals surface area contributed by atoms with E-state index in [1.807, 2.05) is 31.2 Å². The fourth-order valence-corrected chi connectivity index (χ4v) is 2.17. The van der Waals surface area contributed by atoms with Crippen molar-refractivity contribution in [3.05, 3.63) is 65.1 Å². The maximum atomic E-state index is 13.2. The number of nitrogens with one attached hydrogen (secondary N) is 2. The summed E-state index contributed by atoms with van der Waals surface area (Å²) in [5, 5.41) is 14.0. The minimum absolute atomic E-state index is 0.0372. The van der Waals surface area contributed by atoms with Crippen LogP contribution < -0.4 is 10.6 Å². The monoisotopic (exact) mass is 329 g/mol. The van der Waals surface area contributed by atoms with Gasteiger partial charge in [-0.1, -0.05) is 23.7 Å². The lowest BCUT2D eigenvalue weighted by atomic mass is 10.2. The van der Waals surface area contributed by atoms with E-state index in [4.69, 9.17) is 11.6 Å². The molecule has 1 aromatic heterocycles. The van der Waals surface area contributed by atoms with Gasteiger partial charge in [-0.3, -0.25) is 0 Å². The Kier molecular flexibility index (Phi) is 4.34. The summed E-state index contributed by atoms with van der Waals surface area (Å²) in [4.78, 5) is 4.31. The van der Waals surface area contributed by atoms with Gasteiger partial charge in [0.2, 0.25) is 5.95 Å². The van der Waals surface area contributed by atoms with Crippen LogP contribution >= 0.6 is 11.6 Å². The van der Waals surface area contributed by atoms with Gasteiger partial charge in [-0.05, 0) is 42.8 Å². The van der Waals surface area contributed by atoms with E-state index in [0.717, 1.165) is 11.3 Å². The summed E-state index contributed by atoms with van der Waals surface area (Å²) >= 11 is 5.76. The lowest BCUT2D eigenvalue weighted by Gasteiger charge is -2.08. The summed E-state index contributed by atoms with van der Waals surface area (Å²) in [7, 11) is 0. The van der Waals surface area contributed by atoms with Crippen molar-refractivity contribution in [3.63, 3.8) is 0 Å². The van der Waals surface area contributed by atoms with E-state index in [1.54, 1.807) is 6.07 Å². The predicted octanol–water partition coefficient (Wildman–Crippen LogP) is 4.46. The molecule has 2 aromatic carbocycles. The highest BCUT2D eigenvalue weighted by atomic mass is 35.5. The number of halogens is 2. The number of anilines is 4. The Morgan fingerprint density at radius 1 is 1.04 bits per heavy atom. The molecule has 3 aromatic rings. The molecule has 3 rings (SSSR count). The van der Waals surface area contributed by atoms with Crippen molar-refractivity contribution in [2.75, 3.05) is 10.6 Å². The Bertz CT molecular complexity index is 840. The third-order valence-electron chi connectivity index (χ3n) is 3.03. The van der Waals surface area contributed by atoms with Gasteiger partial charge >= 0.3 is 0 Å². The predicted molar refractivity (Wildman–Crippen MR) is 89.0 cm³/mol. The molecule has 2 N–H and O–H groups in total. The molecule has 0 unspecified atom stereocenters. The second kappa shape index (κ2) is 6.58. The second-order valence-electron chi connectivity index (χ2n) is 4.91. The van der Waals surface area contributed by atoms with Crippen LogP contribution in [-0.4, -0.2) is 15.2 Å². The summed E-state index contributed by atoms with van der Waals surface area (Å²) in [6.45, 7) is 2.00. The van der Waals surface area contributed by atoms with E-state index in [9.17, 15) is 4.39 Å². The first-order valence-electron chi connectivity index (χ1n) is 6.86. The Balaban J connectivity index is 1.78. The summed E-state index contributed by atoms with van der Waals surface area (Å²) in [5.74, 6) is 0.353. The Labute approximate surface area is 137 Å². The number of hydrogen-bond acceptors (Lipinski definition) is 5. The van der Waals surface area contributed by atoms with Crippen LogP contribution in [0, 0.1) is 12.7 Å². The van der Waals surface area contributed by atoms with Gasteiger partial charge in [0.15, 0.2) is 5.82 Å². The zero-order chi connectivity index (χ0) is 16.2. The number of hydrogen-bond donors (Lipinski definition) is 2. The van der Waals surface area contributed by atoms with Crippen LogP contribution in [-0.2, 0) is 0 Å². The van der Waals surface area contributed by atoms with Gasteiger partial charge in [-0.2, -0.15) is 10.1 Å². The summed E-state index contributed by atoms with van der Waals surface area (Å²) < 4.78 is 13.2. The molecule has 23 heavy (non-hydrogen) atoms. The molecule has 0 saturated carbocycles. The molecule has 0 saturated heterocycles. The van der Waals surface area contributed by atoms with Gasteiger partial charge in [0, 0.05) is 11.4 Å². The Morgan fingerprint density at radius 2 is 1.87 bits per heavy atom. The normalized spacial score (nSPS) is 10.4. The molecule has 116 valence electrons. The molecule has 0 aliphatic heterocycles. The number of rotatable bonds is 4. The van der Waals surface area contributed by atoms with Gasteiger partial charge in [-0.25, -0.2) is 4.39 Å². The average molecular weight is 330 g/mol. The molecule has 0 amide bonds. The maximum absolute atomic E-state index is 13.2. The fraction of sp³-hybridized carbons (Fsp3) is 0.0625. The zero-order valence-electron chi connectivity index (χ0n) is 12.2. The van der Waals surface area contributed by atoms with Crippen LogP contribution in [0.15, 0.2) is 48.7 Å². The van der Waals surface area contributed by atoms with Gasteiger partial charge < -0.3 is 10.6 Å². The highest BCUT2D eigenvalue weighted by Crippen LogP contribution is 2.22. The second-order valence-corrected chi connectivity index (χ2v) is 5.32. The molecule has 0 aliphatic carbocycles. The fourth-order valence-electron chi connectivity index (χ4n) is 1.99. The summed E-state index contributed by atoms with van der Waals surface area (Å²) in [6, 6.07) is 12.2. The van der Waals surface area contributed by atoms with E-state index in [1.165, 1.54) is 18.3 Å². The van der Waals surface area contributed by atoms with E-state index < -0.39 is 5.82 Å². The lowest BCUT2D eigenvalue weighted by Crippen LogP contribution is -2.02. The smallest absolute Gasteiger partial charge is 0.249 e. The molecular weight excluding hydrogens is 317 g/mol. The molecule has 0 spiro atoms. The third-order valence-corrected chi connectivity index (χ3v) is 3.31. The van der Waals surface area contributed by atoms with Crippen LogP contribution in [0.25, 0.3) is 0 Å². The van der Waals surface area contributed by atoms with Gasteiger partial charge in [0.25, 0.3) is 0 Å². The average Bonchev–Trinajstić information content (AvgIpc) is 2.51. The molecule has 5 nitrogen and oxygen atoms in total. The van der Waals surface area contributed by atoms with Crippen LogP contribution in [0.1, 0.15) is 5.56 Å². The minimum atomic E-state index is -0.472. The molecule has 0 fully saturated rings. The zero-order valence-corrected chi connectivity index (χ0v) is 13.0. The standard InChI is InChI=1S/C16H13ClFN5/c1-10-3-2-4-11(7-10)21-16-22-15(9-19-23-16)20-12-5-6-14(18)13(17)8-12/h2-9H,1H3,(H2,20,21,22,23).